The molecule has 1 unspecified atom stereocenters. The summed E-state index contributed by atoms with van der Waals surface area (Å²) in [5, 5.41) is 0. The zero-order valence-electron chi connectivity index (χ0n) is 9.85. The van der Waals surface area contributed by atoms with Crippen molar-refractivity contribution in [1.82, 2.24) is 4.72 Å². The summed E-state index contributed by atoms with van der Waals surface area (Å²) < 4.78 is 27.5. The summed E-state index contributed by atoms with van der Waals surface area (Å²) >= 11 is 4.71. The van der Waals surface area contributed by atoms with E-state index < -0.39 is 10.0 Å². The van der Waals surface area contributed by atoms with Gasteiger partial charge >= 0.3 is 0 Å². The van der Waals surface area contributed by atoms with Gasteiger partial charge in [0, 0.05) is 17.5 Å². The van der Waals surface area contributed by atoms with Gasteiger partial charge in [-0.3, -0.25) is 0 Å². The molecule has 0 saturated heterocycles. The van der Waals surface area contributed by atoms with Crippen molar-refractivity contribution in [3.63, 3.8) is 0 Å². The molecule has 1 saturated carbocycles. The first-order valence-electron chi connectivity index (χ1n) is 5.41. The molecule has 1 aliphatic rings. The van der Waals surface area contributed by atoms with Crippen LogP contribution in [-0.4, -0.2) is 21.0 Å². The van der Waals surface area contributed by atoms with Crippen molar-refractivity contribution in [2.75, 3.05) is 6.54 Å². The monoisotopic (exact) mass is 374 g/mol. The van der Waals surface area contributed by atoms with Crippen molar-refractivity contribution in [2.45, 2.75) is 30.7 Å². The molecule has 0 aliphatic heterocycles. The smallest absolute Gasteiger partial charge is 0.241 e. The fourth-order valence-electron chi connectivity index (χ4n) is 1.67. The van der Waals surface area contributed by atoms with E-state index in [1.807, 2.05) is 0 Å². The van der Waals surface area contributed by atoms with Gasteiger partial charge in [0.1, 0.15) is 0 Å². The van der Waals surface area contributed by atoms with Crippen LogP contribution in [0.4, 0.5) is 0 Å². The standard InChI is InChI=1S/C10H15BrN2O2S2.ClH/c1-6-9(4-10(11)16-6)17(14,15)13-5-8(12)7-2-3-7;/h4,7-8,13H,2-3,5,12H2,1H3;1H. The highest BCUT2D eigenvalue weighted by Crippen LogP contribution is 2.32. The topological polar surface area (TPSA) is 72.2 Å². The van der Waals surface area contributed by atoms with E-state index in [0.29, 0.717) is 17.4 Å². The second kappa shape index (κ2) is 6.19. The molecule has 104 valence electrons. The lowest BCUT2D eigenvalue weighted by molar-refractivity contribution is 0.547. The minimum Gasteiger partial charge on any atom is -0.326 e. The second-order valence-corrected chi connectivity index (χ2v) is 8.70. The van der Waals surface area contributed by atoms with Crippen LogP contribution in [0.15, 0.2) is 14.7 Å². The Balaban J connectivity index is 0.00000162. The average Bonchev–Trinajstić information content (AvgIpc) is 3.01. The lowest BCUT2D eigenvalue weighted by Gasteiger charge is -2.11. The molecule has 0 amide bonds. The number of halogens is 2. The van der Waals surface area contributed by atoms with E-state index in [1.165, 1.54) is 11.3 Å². The molecule has 0 spiro atoms. The molecule has 0 aromatic carbocycles. The molecule has 18 heavy (non-hydrogen) atoms. The number of thiophene rings is 1. The molecule has 1 atom stereocenters. The Morgan fingerprint density at radius 1 is 1.61 bits per heavy atom. The maximum atomic E-state index is 12.0. The molecule has 1 aliphatic carbocycles. The van der Waals surface area contributed by atoms with Crippen molar-refractivity contribution < 1.29 is 8.42 Å². The number of rotatable bonds is 5. The van der Waals surface area contributed by atoms with E-state index in [4.69, 9.17) is 5.73 Å². The van der Waals surface area contributed by atoms with Crippen molar-refractivity contribution in [3.05, 3.63) is 14.7 Å². The molecular formula is C10H16BrClN2O2S2. The summed E-state index contributed by atoms with van der Waals surface area (Å²) in [6.45, 7) is 2.12. The van der Waals surface area contributed by atoms with Gasteiger partial charge in [0.15, 0.2) is 0 Å². The van der Waals surface area contributed by atoms with Crippen LogP contribution in [0.3, 0.4) is 0 Å². The van der Waals surface area contributed by atoms with E-state index >= 15 is 0 Å². The van der Waals surface area contributed by atoms with Gasteiger partial charge in [-0.05, 0) is 47.7 Å². The number of nitrogens with one attached hydrogen (secondary N) is 1. The first-order chi connectivity index (χ1) is 7.90. The van der Waals surface area contributed by atoms with Gasteiger partial charge in [-0.15, -0.1) is 23.7 Å². The predicted molar refractivity (Wildman–Crippen MR) is 79.9 cm³/mol. The van der Waals surface area contributed by atoms with Crippen molar-refractivity contribution in [1.29, 1.82) is 0 Å². The molecule has 8 heteroatoms. The van der Waals surface area contributed by atoms with Crippen molar-refractivity contribution in [2.24, 2.45) is 11.7 Å². The van der Waals surface area contributed by atoms with Crippen LogP contribution in [0.1, 0.15) is 17.7 Å². The maximum Gasteiger partial charge on any atom is 0.241 e. The minimum absolute atomic E-state index is 0. The number of aryl methyl sites for hydroxylation is 1. The molecular weight excluding hydrogens is 360 g/mol. The lowest BCUT2D eigenvalue weighted by atomic mass is 10.2. The van der Waals surface area contributed by atoms with Gasteiger partial charge in [-0.2, -0.15) is 0 Å². The van der Waals surface area contributed by atoms with Gasteiger partial charge in [0.25, 0.3) is 0 Å². The zero-order chi connectivity index (χ0) is 12.6. The average molecular weight is 376 g/mol. The summed E-state index contributed by atoms with van der Waals surface area (Å²) in [6, 6.07) is 1.57. The first-order valence-corrected chi connectivity index (χ1v) is 8.50. The third kappa shape index (κ3) is 3.91. The maximum absolute atomic E-state index is 12.0. The highest BCUT2D eigenvalue weighted by molar-refractivity contribution is 9.11. The Hall–Kier alpha value is 0.340. The number of hydrogen-bond acceptors (Lipinski definition) is 4. The van der Waals surface area contributed by atoms with Crippen LogP contribution in [0.2, 0.25) is 0 Å². The first kappa shape index (κ1) is 16.4. The van der Waals surface area contributed by atoms with Crippen LogP contribution in [0.5, 0.6) is 0 Å². The van der Waals surface area contributed by atoms with Gasteiger partial charge in [0.05, 0.1) is 8.68 Å². The summed E-state index contributed by atoms with van der Waals surface area (Å²) in [4.78, 5) is 1.13. The normalized spacial score (nSPS) is 17.3. The quantitative estimate of drug-likeness (QED) is 0.829. The Morgan fingerprint density at radius 3 is 2.67 bits per heavy atom. The van der Waals surface area contributed by atoms with Gasteiger partial charge in [-0.25, -0.2) is 13.1 Å². The Kier molecular flexibility index (Phi) is 5.64. The molecule has 2 rings (SSSR count). The number of nitrogens with two attached hydrogens (primary N) is 1. The van der Waals surface area contributed by atoms with E-state index in [1.54, 1.807) is 13.0 Å². The molecule has 1 heterocycles. The number of hydrogen-bond donors (Lipinski definition) is 2. The van der Waals surface area contributed by atoms with E-state index in [9.17, 15) is 8.42 Å². The van der Waals surface area contributed by atoms with E-state index in [0.717, 1.165) is 21.5 Å². The van der Waals surface area contributed by atoms with Crippen molar-refractivity contribution >= 4 is 49.7 Å². The summed E-state index contributed by atoms with van der Waals surface area (Å²) in [5.41, 5.74) is 5.87. The third-order valence-electron chi connectivity index (χ3n) is 2.87. The second-order valence-electron chi connectivity index (χ2n) is 4.32. The molecule has 0 radical (unpaired) electrons. The third-order valence-corrected chi connectivity index (χ3v) is 6.10. The van der Waals surface area contributed by atoms with E-state index in [-0.39, 0.29) is 18.4 Å². The molecule has 1 aromatic rings. The fraction of sp³-hybridized carbons (Fsp3) is 0.600. The van der Waals surface area contributed by atoms with Gasteiger partial charge in [-0.1, -0.05) is 0 Å². The summed E-state index contributed by atoms with van der Waals surface area (Å²) in [5.74, 6) is 0.494. The van der Waals surface area contributed by atoms with Crippen molar-refractivity contribution in [3.8, 4) is 0 Å². The summed E-state index contributed by atoms with van der Waals surface area (Å²) in [7, 11) is -3.42. The largest absolute Gasteiger partial charge is 0.326 e. The van der Waals surface area contributed by atoms with Gasteiger partial charge in [0.2, 0.25) is 10.0 Å². The molecule has 0 bridgehead atoms. The molecule has 4 nitrogen and oxygen atoms in total. The lowest BCUT2D eigenvalue weighted by Crippen LogP contribution is -2.38. The Bertz CT molecular complexity index is 514. The van der Waals surface area contributed by atoms with Gasteiger partial charge < -0.3 is 5.73 Å². The SMILES string of the molecule is Cc1sc(Br)cc1S(=O)(=O)NCC(N)C1CC1.Cl. The molecule has 3 N–H and O–H groups in total. The zero-order valence-corrected chi connectivity index (χ0v) is 13.9. The van der Waals surface area contributed by atoms with Crippen LogP contribution < -0.4 is 10.5 Å². The Morgan fingerprint density at radius 2 is 2.22 bits per heavy atom. The van der Waals surface area contributed by atoms with Crippen LogP contribution >= 0.6 is 39.7 Å². The molecule has 1 aromatic heterocycles. The Labute approximate surface area is 126 Å². The van der Waals surface area contributed by atoms with Crippen LogP contribution in [0.25, 0.3) is 0 Å². The fourth-order valence-corrected chi connectivity index (χ4v) is 5.16. The van der Waals surface area contributed by atoms with Crippen LogP contribution in [-0.2, 0) is 10.0 Å². The highest BCUT2D eigenvalue weighted by atomic mass is 79.9. The summed E-state index contributed by atoms with van der Waals surface area (Å²) in [6.07, 6.45) is 2.23. The highest BCUT2D eigenvalue weighted by Gasteiger charge is 2.29. The number of sulfonamides is 1. The van der Waals surface area contributed by atoms with E-state index in [2.05, 4.69) is 20.7 Å². The predicted octanol–water partition coefficient (Wildman–Crippen LogP) is 2.26. The molecule has 1 fully saturated rings. The van der Waals surface area contributed by atoms with Crippen LogP contribution in [0, 0.1) is 12.8 Å². The minimum atomic E-state index is -3.42.